The summed E-state index contributed by atoms with van der Waals surface area (Å²) < 4.78 is 37.0. The number of hydrogen-bond donors (Lipinski definition) is 2. The third-order valence-electron chi connectivity index (χ3n) is 3.27. The molecule has 0 bridgehead atoms. The molecule has 138 valence electrons. The number of nitrogens with zero attached hydrogens (tertiary/aromatic N) is 2. The molecule has 0 aliphatic carbocycles. The second-order valence-corrected chi connectivity index (χ2v) is 5.15. The number of benzene rings is 1. The van der Waals surface area contributed by atoms with Crippen LogP contribution in [-0.4, -0.2) is 30.2 Å². The third-order valence-corrected chi connectivity index (χ3v) is 3.27. The van der Waals surface area contributed by atoms with Gasteiger partial charge >= 0.3 is 6.09 Å². The molecule has 1 aromatic carbocycles. The molecule has 10 heteroatoms. The molecule has 1 unspecified atom stereocenters. The van der Waals surface area contributed by atoms with Crippen molar-refractivity contribution in [1.29, 1.82) is 0 Å². The average Bonchev–Trinajstić information content (AvgIpc) is 2.55. The zero-order valence-corrected chi connectivity index (χ0v) is 13.9. The number of nitrogens with two attached hydrogens (primary N) is 2. The number of anilines is 3. The Hall–Kier alpha value is -3.43. The number of aromatic nitrogens is 1. The Morgan fingerprint density at radius 3 is 2.35 bits per heavy atom. The molecule has 0 fully saturated rings. The fourth-order valence-corrected chi connectivity index (χ4v) is 2.16. The molecule has 1 aromatic heterocycles. The summed E-state index contributed by atoms with van der Waals surface area (Å²) in [6, 6.07) is 5.28. The average molecular weight is 366 g/mol. The van der Waals surface area contributed by atoms with Gasteiger partial charge in [0.25, 0.3) is 5.91 Å². The van der Waals surface area contributed by atoms with Gasteiger partial charge in [-0.2, -0.15) is 4.98 Å². The Morgan fingerprint density at radius 1 is 1.19 bits per heavy atom. The van der Waals surface area contributed by atoms with Crippen LogP contribution in [0.25, 0.3) is 0 Å². The Labute approximate surface area is 147 Å². The highest BCUT2D eigenvalue weighted by molar-refractivity contribution is 6.04. The van der Waals surface area contributed by atoms with E-state index in [1.165, 1.54) is 26.2 Å². The first-order valence-electron chi connectivity index (χ1n) is 7.29. The van der Waals surface area contributed by atoms with Gasteiger partial charge in [-0.3, -0.25) is 9.69 Å². The lowest BCUT2D eigenvalue weighted by Gasteiger charge is -2.26. The van der Waals surface area contributed by atoms with Gasteiger partial charge in [-0.15, -0.1) is 0 Å². The number of nitrogen functional groups attached to an aromatic ring is 1. The van der Waals surface area contributed by atoms with Gasteiger partial charge in [0, 0.05) is 12.1 Å². The molecule has 0 aliphatic heterocycles. The minimum atomic E-state index is -1.37. The number of methoxy groups -OCH3 is 1. The topological polar surface area (TPSA) is 121 Å². The molecular weight excluding hydrogens is 350 g/mol. The summed E-state index contributed by atoms with van der Waals surface area (Å²) in [5.74, 6) is -2.78. The summed E-state index contributed by atoms with van der Waals surface area (Å²) in [4.78, 5) is 28.6. The Balaban J connectivity index is 2.62. The van der Waals surface area contributed by atoms with E-state index in [1.807, 2.05) is 0 Å². The molecule has 4 N–H and O–H groups in total. The first-order chi connectivity index (χ1) is 12.2. The number of pyridine rings is 1. The van der Waals surface area contributed by atoms with Gasteiger partial charge in [0.1, 0.15) is 11.6 Å². The largest absolute Gasteiger partial charge is 0.481 e. The lowest BCUT2D eigenvalue weighted by atomic mass is 10.2. The zero-order valence-electron chi connectivity index (χ0n) is 13.9. The van der Waals surface area contributed by atoms with Gasteiger partial charge < -0.3 is 20.9 Å². The minimum Gasteiger partial charge on any atom is -0.481 e. The van der Waals surface area contributed by atoms with Crippen LogP contribution in [0.5, 0.6) is 5.88 Å². The Morgan fingerprint density at radius 2 is 1.81 bits per heavy atom. The standard InChI is InChI=1S/C16H16F2N4O4/c1-8(26-16(20)24)15(23)22(11-6-9(17)5-10(18)7-11)14-12(19)3-4-13(21-14)25-2/h3-8H,19H2,1-2H3,(H2,20,24). The van der Waals surface area contributed by atoms with E-state index >= 15 is 0 Å². The predicted octanol–water partition coefficient (Wildman–Crippen LogP) is 2.10. The van der Waals surface area contributed by atoms with Crippen LogP contribution in [0.1, 0.15) is 6.92 Å². The van der Waals surface area contributed by atoms with Crippen LogP contribution in [0.3, 0.4) is 0 Å². The minimum absolute atomic E-state index is 0.0232. The highest BCUT2D eigenvalue weighted by Crippen LogP contribution is 2.32. The second-order valence-electron chi connectivity index (χ2n) is 5.15. The van der Waals surface area contributed by atoms with Crippen LogP contribution in [0, 0.1) is 11.6 Å². The van der Waals surface area contributed by atoms with E-state index in [9.17, 15) is 18.4 Å². The van der Waals surface area contributed by atoms with Crippen LogP contribution >= 0.6 is 0 Å². The fourth-order valence-electron chi connectivity index (χ4n) is 2.16. The Kier molecular flexibility index (Phi) is 5.55. The van der Waals surface area contributed by atoms with Gasteiger partial charge in [0.2, 0.25) is 5.88 Å². The van der Waals surface area contributed by atoms with Crippen molar-refractivity contribution >= 4 is 29.2 Å². The van der Waals surface area contributed by atoms with Gasteiger partial charge in [0.05, 0.1) is 18.5 Å². The monoisotopic (exact) mass is 366 g/mol. The molecule has 26 heavy (non-hydrogen) atoms. The molecule has 0 radical (unpaired) electrons. The maximum atomic E-state index is 13.7. The normalized spacial score (nSPS) is 11.5. The van der Waals surface area contributed by atoms with E-state index in [4.69, 9.17) is 16.2 Å². The van der Waals surface area contributed by atoms with Crippen molar-refractivity contribution in [2.45, 2.75) is 13.0 Å². The van der Waals surface area contributed by atoms with Crippen molar-refractivity contribution < 1.29 is 27.8 Å². The number of carbonyl (C=O) groups is 2. The van der Waals surface area contributed by atoms with Crippen LogP contribution in [-0.2, 0) is 9.53 Å². The number of primary amides is 1. The molecule has 0 saturated carbocycles. The number of amides is 2. The van der Waals surface area contributed by atoms with Gasteiger partial charge in [-0.25, -0.2) is 13.6 Å². The van der Waals surface area contributed by atoms with Crippen molar-refractivity contribution in [2.75, 3.05) is 17.7 Å². The third kappa shape index (κ3) is 4.15. The number of halogens is 2. The van der Waals surface area contributed by atoms with Crippen LogP contribution in [0.4, 0.5) is 30.8 Å². The lowest BCUT2D eigenvalue weighted by molar-refractivity contribution is -0.125. The second kappa shape index (κ2) is 7.64. The predicted molar refractivity (Wildman–Crippen MR) is 88.8 cm³/mol. The molecule has 2 rings (SSSR count). The quantitative estimate of drug-likeness (QED) is 0.836. The van der Waals surface area contributed by atoms with E-state index in [0.29, 0.717) is 6.07 Å². The molecule has 2 amide bonds. The maximum Gasteiger partial charge on any atom is 0.405 e. The summed E-state index contributed by atoms with van der Waals surface area (Å²) in [5, 5.41) is 0. The smallest absolute Gasteiger partial charge is 0.405 e. The zero-order chi connectivity index (χ0) is 19.4. The van der Waals surface area contributed by atoms with Crippen molar-refractivity contribution in [3.05, 3.63) is 42.0 Å². The van der Waals surface area contributed by atoms with Crippen molar-refractivity contribution in [1.82, 2.24) is 4.98 Å². The van der Waals surface area contributed by atoms with E-state index in [2.05, 4.69) is 9.72 Å². The number of ether oxygens (including phenoxy) is 2. The first-order valence-corrected chi connectivity index (χ1v) is 7.29. The molecule has 0 saturated heterocycles. The molecule has 0 aliphatic rings. The molecule has 1 atom stereocenters. The summed E-state index contributed by atoms with van der Waals surface area (Å²) >= 11 is 0. The Bertz CT molecular complexity index is 827. The summed E-state index contributed by atoms with van der Waals surface area (Å²) in [6.07, 6.45) is -2.56. The van der Waals surface area contributed by atoms with Crippen molar-refractivity contribution in [2.24, 2.45) is 5.73 Å². The van der Waals surface area contributed by atoms with Gasteiger partial charge in [-0.1, -0.05) is 0 Å². The van der Waals surface area contributed by atoms with Gasteiger partial charge in [0.15, 0.2) is 11.9 Å². The maximum absolute atomic E-state index is 13.7. The highest BCUT2D eigenvalue weighted by Gasteiger charge is 2.29. The number of rotatable bonds is 5. The highest BCUT2D eigenvalue weighted by atomic mass is 19.1. The van der Waals surface area contributed by atoms with Crippen LogP contribution in [0.2, 0.25) is 0 Å². The molecule has 8 nitrogen and oxygen atoms in total. The van der Waals surface area contributed by atoms with E-state index in [0.717, 1.165) is 17.0 Å². The van der Waals surface area contributed by atoms with Gasteiger partial charge in [-0.05, 0) is 25.1 Å². The van der Waals surface area contributed by atoms with E-state index in [1.54, 1.807) is 0 Å². The SMILES string of the molecule is COc1ccc(N)c(N(C(=O)C(C)OC(N)=O)c2cc(F)cc(F)c2)n1. The molecule has 0 spiro atoms. The van der Waals surface area contributed by atoms with Crippen molar-refractivity contribution in [3.8, 4) is 5.88 Å². The van der Waals surface area contributed by atoms with Crippen LogP contribution < -0.4 is 21.1 Å². The summed E-state index contributed by atoms with van der Waals surface area (Å²) in [6.45, 7) is 1.24. The lowest BCUT2D eigenvalue weighted by Crippen LogP contribution is -2.39. The van der Waals surface area contributed by atoms with E-state index < -0.39 is 29.7 Å². The molecule has 1 heterocycles. The first kappa shape index (κ1) is 18.9. The number of hydrogen-bond acceptors (Lipinski definition) is 6. The van der Waals surface area contributed by atoms with Crippen molar-refractivity contribution in [3.63, 3.8) is 0 Å². The number of carbonyl (C=O) groups excluding carboxylic acids is 2. The molecule has 2 aromatic rings. The summed E-state index contributed by atoms with van der Waals surface area (Å²) in [7, 11) is 1.34. The summed E-state index contributed by atoms with van der Waals surface area (Å²) in [5.41, 5.74) is 10.6. The molecular formula is C16H16F2N4O4. The van der Waals surface area contributed by atoms with E-state index in [-0.39, 0.29) is 23.1 Å². The van der Waals surface area contributed by atoms with Crippen LogP contribution in [0.15, 0.2) is 30.3 Å². The fraction of sp³-hybridized carbons (Fsp3) is 0.188.